The maximum Gasteiger partial charge on any atom is 0.279 e. The molecule has 0 unspecified atom stereocenters. The molecule has 1 aliphatic rings. The van der Waals surface area contributed by atoms with Crippen molar-refractivity contribution in [3.8, 4) is 0 Å². The van der Waals surface area contributed by atoms with Crippen LogP contribution in [0.3, 0.4) is 0 Å². The number of hydrogen-bond acceptors (Lipinski definition) is 3. The van der Waals surface area contributed by atoms with E-state index in [2.05, 4.69) is 16.9 Å². The average Bonchev–Trinajstić information content (AvgIpc) is 2.79. The van der Waals surface area contributed by atoms with Crippen molar-refractivity contribution in [2.45, 2.75) is 11.8 Å². The molecule has 2 heterocycles. The summed E-state index contributed by atoms with van der Waals surface area (Å²) in [4.78, 5) is 21.4. The molecule has 2 aromatic rings. The van der Waals surface area contributed by atoms with Crippen LogP contribution in [0.5, 0.6) is 0 Å². The van der Waals surface area contributed by atoms with Crippen molar-refractivity contribution >= 4 is 23.4 Å². The Hall–Kier alpha value is -1.94. The molecule has 0 fully saturated rings. The molecule has 0 saturated carbocycles. The highest BCUT2D eigenvalue weighted by Crippen LogP contribution is 2.31. The summed E-state index contributed by atoms with van der Waals surface area (Å²) in [7, 11) is 0. The summed E-state index contributed by atoms with van der Waals surface area (Å²) in [5, 5.41) is 0. The number of nitrogens with zero attached hydrogens (tertiary/aromatic N) is 2. The maximum absolute atomic E-state index is 12.1. The minimum absolute atomic E-state index is 0.148. The van der Waals surface area contributed by atoms with Gasteiger partial charge in [0.25, 0.3) is 5.91 Å². The van der Waals surface area contributed by atoms with Crippen LogP contribution in [0.25, 0.3) is 0 Å². The minimum Gasteiger partial charge on any atom is -0.267 e. The van der Waals surface area contributed by atoms with Crippen LogP contribution in [-0.2, 0) is 0 Å². The predicted molar refractivity (Wildman–Crippen MR) is 77.0 cm³/mol. The van der Waals surface area contributed by atoms with E-state index in [1.165, 1.54) is 0 Å². The molecule has 0 spiro atoms. The second-order valence-electron chi connectivity index (χ2n) is 4.12. The van der Waals surface area contributed by atoms with Gasteiger partial charge in [0.15, 0.2) is 0 Å². The van der Waals surface area contributed by atoms with Gasteiger partial charge < -0.3 is 0 Å². The Morgan fingerprint density at radius 1 is 1.21 bits per heavy atom. The highest BCUT2D eigenvalue weighted by atomic mass is 32.2. The van der Waals surface area contributed by atoms with Crippen molar-refractivity contribution in [1.29, 1.82) is 0 Å². The topological polar surface area (TPSA) is 42.3 Å². The fraction of sp³-hybridized carbons (Fsp3) is 0.133. The maximum atomic E-state index is 12.1. The first kappa shape index (κ1) is 12.1. The fourth-order valence-electron chi connectivity index (χ4n) is 2.17. The van der Waals surface area contributed by atoms with E-state index in [0.717, 1.165) is 33.1 Å². The number of benzene rings is 1. The van der Waals surface area contributed by atoms with E-state index in [4.69, 9.17) is 0 Å². The highest BCUT2D eigenvalue weighted by Gasteiger charge is 2.26. The monoisotopic (exact) mass is 268 g/mol. The SMILES string of the molecule is CCSc1cccc2c1C(=O)N=C2c1cccnc1. The first-order chi connectivity index (χ1) is 9.31. The molecule has 0 saturated heterocycles. The zero-order valence-electron chi connectivity index (χ0n) is 10.5. The van der Waals surface area contributed by atoms with Crippen molar-refractivity contribution in [1.82, 2.24) is 4.98 Å². The van der Waals surface area contributed by atoms with E-state index in [1.807, 2.05) is 30.3 Å². The molecule has 4 heteroatoms. The molecule has 1 aromatic heterocycles. The summed E-state index contributed by atoms with van der Waals surface area (Å²) in [5.41, 5.74) is 3.25. The number of fused-ring (bicyclic) bond motifs is 1. The third-order valence-electron chi connectivity index (χ3n) is 2.94. The molecule has 0 bridgehead atoms. The lowest BCUT2D eigenvalue weighted by atomic mass is 10.0. The van der Waals surface area contributed by atoms with Crippen LogP contribution < -0.4 is 0 Å². The van der Waals surface area contributed by atoms with Gasteiger partial charge in [-0.3, -0.25) is 9.78 Å². The molecule has 0 radical (unpaired) electrons. The fourth-order valence-corrected chi connectivity index (χ4v) is 2.99. The number of aliphatic imine (C=N–C) groups is 1. The highest BCUT2D eigenvalue weighted by molar-refractivity contribution is 7.99. The number of hydrogen-bond donors (Lipinski definition) is 0. The van der Waals surface area contributed by atoms with Gasteiger partial charge in [0.05, 0.1) is 11.3 Å². The first-order valence-electron chi connectivity index (χ1n) is 6.11. The Balaban J connectivity index is 2.13. The number of thioether (sulfide) groups is 1. The van der Waals surface area contributed by atoms with Crippen LogP contribution in [0.15, 0.2) is 52.6 Å². The van der Waals surface area contributed by atoms with Crippen LogP contribution in [0.2, 0.25) is 0 Å². The van der Waals surface area contributed by atoms with E-state index in [9.17, 15) is 4.79 Å². The van der Waals surface area contributed by atoms with Crippen LogP contribution in [0.4, 0.5) is 0 Å². The lowest BCUT2D eigenvalue weighted by molar-refractivity contribution is 0.100. The van der Waals surface area contributed by atoms with Gasteiger partial charge in [-0.1, -0.05) is 19.1 Å². The third kappa shape index (κ3) is 2.08. The van der Waals surface area contributed by atoms with E-state index in [0.29, 0.717) is 0 Å². The minimum atomic E-state index is -0.148. The van der Waals surface area contributed by atoms with Crippen LogP contribution in [0.1, 0.15) is 28.4 Å². The summed E-state index contributed by atoms with van der Waals surface area (Å²) in [6.45, 7) is 2.08. The van der Waals surface area contributed by atoms with Crippen molar-refractivity contribution in [3.63, 3.8) is 0 Å². The van der Waals surface area contributed by atoms with Gasteiger partial charge in [0.1, 0.15) is 0 Å². The lowest BCUT2D eigenvalue weighted by Gasteiger charge is -2.06. The van der Waals surface area contributed by atoms with Crippen molar-refractivity contribution in [3.05, 3.63) is 59.4 Å². The molecule has 1 aliphatic heterocycles. The van der Waals surface area contributed by atoms with Gasteiger partial charge in [0.2, 0.25) is 0 Å². The molecular formula is C15H12N2OS. The number of aromatic nitrogens is 1. The zero-order chi connectivity index (χ0) is 13.2. The predicted octanol–water partition coefficient (Wildman–Crippen LogP) is 3.18. The molecule has 3 rings (SSSR count). The van der Waals surface area contributed by atoms with Crippen LogP contribution >= 0.6 is 11.8 Å². The number of amides is 1. The standard InChI is InChI=1S/C15H12N2OS/c1-2-19-12-7-3-6-11-13(12)15(18)17-14(11)10-5-4-8-16-9-10/h3-9H,2H2,1H3. The molecule has 3 nitrogen and oxygen atoms in total. The van der Waals surface area contributed by atoms with Crippen LogP contribution in [-0.4, -0.2) is 22.4 Å². The largest absolute Gasteiger partial charge is 0.279 e. The van der Waals surface area contributed by atoms with Gasteiger partial charge in [-0.2, -0.15) is 0 Å². The summed E-state index contributed by atoms with van der Waals surface area (Å²) in [6, 6.07) is 9.68. The Bertz CT molecular complexity index is 665. The molecule has 94 valence electrons. The Morgan fingerprint density at radius 2 is 2.11 bits per heavy atom. The lowest BCUT2D eigenvalue weighted by Crippen LogP contribution is -2.01. The average molecular weight is 268 g/mol. The summed E-state index contributed by atoms with van der Waals surface area (Å²) >= 11 is 1.67. The normalized spacial score (nSPS) is 13.3. The first-order valence-corrected chi connectivity index (χ1v) is 7.09. The van der Waals surface area contributed by atoms with Gasteiger partial charge in [0, 0.05) is 28.4 Å². The Kier molecular flexibility index (Phi) is 3.17. The van der Waals surface area contributed by atoms with Gasteiger partial charge >= 0.3 is 0 Å². The number of carbonyl (C=O) groups excluding carboxylic acids is 1. The van der Waals surface area contributed by atoms with Gasteiger partial charge in [-0.05, 0) is 24.0 Å². The number of pyridine rings is 1. The second-order valence-corrected chi connectivity index (χ2v) is 5.42. The third-order valence-corrected chi connectivity index (χ3v) is 3.88. The number of rotatable bonds is 3. The van der Waals surface area contributed by atoms with Crippen molar-refractivity contribution in [2.24, 2.45) is 4.99 Å². The number of carbonyl (C=O) groups is 1. The molecular weight excluding hydrogens is 256 g/mol. The molecule has 1 aromatic carbocycles. The van der Waals surface area contributed by atoms with Crippen LogP contribution in [0, 0.1) is 0 Å². The summed E-state index contributed by atoms with van der Waals surface area (Å²) in [5.74, 6) is 0.789. The van der Waals surface area contributed by atoms with E-state index < -0.39 is 0 Å². The molecule has 0 aliphatic carbocycles. The molecule has 1 amide bonds. The van der Waals surface area contributed by atoms with Crippen molar-refractivity contribution < 1.29 is 4.79 Å². The van der Waals surface area contributed by atoms with E-state index in [-0.39, 0.29) is 5.91 Å². The van der Waals surface area contributed by atoms with E-state index >= 15 is 0 Å². The smallest absolute Gasteiger partial charge is 0.267 e. The van der Waals surface area contributed by atoms with E-state index in [1.54, 1.807) is 24.2 Å². The molecule has 19 heavy (non-hydrogen) atoms. The van der Waals surface area contributed by atoms with Gasteiger partial charge in [-0.25, -0.2) is 4.99 Å². The zero-order valence-corrected chi connectivity index (χ0v) is 11.3. The summed E-state index contributed by atoms with van der Waals surface area (Å²) < 4.78 is 0. The Morgan fingerprint density at radius 3 is 2.84 bits per heavy atom. The second kappa shape index (κ2) is 4.97. The molecule has 0 atom stereocenters. The quantitative estimate of drug-likeness (QED) is 0.803. The summed E-state index contributed by atoms with van der Waals surface area (Å²) in [6.07, 6.45) is 3.45. The molecule has 0 N–H and O–H groups in total. The Labute approximate surface area is 115 Å². The van der Waals surface area contributed by atoms with Gasteiger partial charge in [-0.15, -0.1) is 11.8 Å². The van der Waals surface area contributed by atoms with Crippen molar-refractivity contribution in [2.75, 3.05) is 5.75 Å².